The van der Waals surface area contributed by atoms with Gasteiger partial charge in [-0.2, -0.15) is 0 Å². The average Bonchev–Trinajstić information content (AvgIpc) is 3.68. The van der Waals surface area contributed by atoms with Crippen LogP contribution in [0.2, 0.25) is 0 Å². The number of nitrogens with one attached hydrogen (secondary N) is 4. The number of nitrogens with zero attached hydrogens (tertiary/aromatic N) is 2. The van der Waals surface area contributed by atoms with Gasteiger partial charge in [-0.1, -0.05) is 23.5 Å². The lowest BCUT2D eigenvalue weighted by Crippen LogP contribution is -2.14. The van der Waals surface area contributed by atoms with Crippen molar-refractivity contribution in [2.45, 2.75) is 24.2 Å². The van der Waals surface area contributed by atoms with Crippen molar-refractivity contribution in [2.75, 3.05) is 35.4 Å². The normalized spacial score (nSPS) is 11.0. The molecule has 47 heavy (non-hydrogen) atoms. The Hall–Kier alpha value is -5.14. The number of aromatic amines is 2. The number of ether oxygens (including phenoxy) is 3. The summed E-state index contributed by atoms with van der Waals surface area (Å²) in [5, 5.41) is 7.04. The van der Waals surface area contributed by atoms with Crippen LogP contribution in [0.4, 0.5) is 11.4 Å². The number of aromatic nitrogens is 4. The number of carbonyl (C=O) groups excluding carboxylic acids is 2. The van der Waals surface area contributed by atoms with Gasteiger partial charge in [0.15, 0.2) is 10.3 Å². The summed E-state index contributed by atoms with van der Waals surface area (Å²) in [7, 11) is 0. The van der Waals surface area contributed by atoms with E-state index in [1.165, 1.54) is 23.5 Å². The third kappa shape index (κ3) is 8.57. The van der Waals surface area contributed by atoms with Crippen LogP contribution in [0.5, 0.6) is 23.0 Å². The maximum Gasteiger partial charge on any atom is 0.234 e. The lowest BCUT2D eigenvalue weighted by atomic mass is 10.3. The molecule has 240 valence electrons. The first-order valence-electron chi connectivity index (χ1n) is 14.9. The van der Waals surface area contributed by atoms with Gasteiger partial charge >= 0.3 is 0 Å². The lowest BCUT2D eigenvalue weighted by Gasteiger charge is -2.06. The van der Waals surface area contributed by atoms with Gasteiger partial charge in [0.2, 0.25) is 11.8 Å². The molecule has 0 aliphatic rings. The zero-order chi connectivity index (χ0) is 32.6. The Labute approximate surface area is 279 Å². The van der Waals surface area contributed by atoms with E-state index in [0.717, 1.165) is 33.6 Å². The second-order valence-corrected chi connectivity index (χ2v) is 12.1. The first-order chi connectivity index (χ1) is 22.9. The Morgan fingerprint density at radius 2 is 1.02 bits per heavy atom. The fourth-order valence-electron chi connectivity index (χ4n) is 4.59. The SMILES string of the molecule is CCOc1ccc(NC(=O)CSc2nc3ccc(Oc4ccc5nc(SCC(=O)Nc6ccc(OCC)cc6)[nH]c5c4)cc3[nH]2)cc1. The highest BCUT2D eigenvalue weighted by molar-refractivity contribution is 8.00. The predicted molar refractivity (Wildman–Crippen MR) is 186 cm³/mol. The van der Waals surface area contributed by atoms with Crippen LogP contribution in [0.25, 0.3) is 22.1 Å². The number of fused-ring (bicyclic) bond motifs is 2. The van der Waals surface area contributed by atoms with Crippen molar-refractivity contribution in [1.29, 1.82) is 0 Å². The molecule has 0 fully saturated rings. The van der Waals surface area contributed by atoms with Crippen LogP contribution in [0.1, 0.15) is 13.8 Å². The van der Waals surface area contributed by atoms with Crippen LogP contribution < -0.4 is 24.8 Å². The van der Waals surface area contributed by atoms with Crippen molar-refractivity contribution in [3.63, 3.8) is 0 Å². The van der Waals surface area contributed by atoms with Crippen LogP contribution in [-0.4, -0.2) is 56.5 Å². The predicted octanol–water partition coefficient (Wildman–Crippen LogP) is 7.49. The van der Waals surface area contributed by atoms with Gasteiger partial charge in [0.25, 0.3) is 0 Å². The van der Waals surface area contributed by atoms with Crippen molar-refractivity contribution in [3.05, 3.63) is 84.9 Å². The zero-order valence-electron chi connectivity index (χ0n) is 25.7. The summed E-state index contributed by atoms with van der Waals surface area (Å²) < 4.78 is 17.0. The quantitative estimate of drug-likeness (QED) is 0.0868. The summed E-state index contributed by atoms with van der Waals surface area (Å²) in [5.41, 5.74) is 4.53. The molecule has 0 saturated heterocycles. The van der Waals surface area contributed by atoms with E-state index in [-0.39, 0.29) is 23.3 Å². The molecular formula is C34H32N6O5S2. The largest absolute Gasteiger partial charge is 0.494 e. The zero-order valence-corrected chi connectivity index (χ0v) is 27.3. The molecule has 2 aromatic heterocycles. The monoisotopic (exact) mass is 668 g/mol. The number of rotatable bonds is 14. The first-order valence-corrected chi connectivity index (χ1v) is 16.9. The van der Waals surface area contributed by atoms with Crippen LogP contribution in [-0.2, 0) is 9.59 Å². The topological polar surface area (TPSA) is 143 Å². The molecule has 0 radical (unpaired) electrons. The maximum absolute atomic E-state index is 12.5. The fraction of sp³-hybridized carbons (Fsp3) is 0.176. The smallest absolute Gasteiger partial charge is 0.234 e. The molecule has 2 heterocycles. The second-order valence-electron chi connectivity index (χ2n) is 10.1. The number of anilines is 2. The Morgan fingerprint density at radius 1 is 0.617 bits per heavy atom. The molecule has 6 rings (SSSR count). The van der Waals surface area contributed by atoms with Crippen LogP contribution >= 0.6 is 23.5 Å². The molecule has 0 aliphatic heterocycles. The molecule has 6 aromatic rings. The number of imidazole rings is 2. The van der Waals surface area contributed by atoms with E-state index in [1.807, 2.05) is 98.8 Å². The summed E-state index contributed by atoms with van der Waals surface area (Å²) in [6.45, 7) is 5.03. The van der Waals surface area contributed by atoms with E-state index in [1.54, 1.807) is 0 Å². The van der Waals surface area contributed by atoms with Crippen molar-refractivity contribution in [3.8, 4) is 23.0 Å². The van der Waals surface area contributed by atoms with E-state index in [2.05, 4.69) is 30.6 Å². The third-order valence-electron chi connectivity index (χ3n) is 6.68. The van der Waals surface area contributed by atoms with Crippen molar-refractivity contribution in [1.82, 2.24) is 19.9 Å². The number of benzene rings is 4. The lowest BCUT2D eigenvalue weighted by molar-refractivity contribution is -0.114. The van der Waals surface area contributed by atoms with Gasteiger partial charge < -0.3 is 34.8 Å². The van der Waals surface area contributed by atoms with Crippen LogP contribution in [0.15, 0.2) is 95.2 Å². The molecule has 2 amide bonds. The fourth-order valence-corrected chi connectivity index (χ4v) is 5.96. The maximum atomic E-state index is 12.5. The van der Waals surface area contributed by atoms with Crippen LogP contribution in [0, 0.1) is 0 Å². The minimum absolute atomic E-state index is 0.133. The number of H-pyrrole nitrogens is 2. The number of thioether (sulfide) groups is 2. The second kappa shape index (κ2) is 15.0. The van der Waals surface area contributed by atoms with Gasteiger partial charge in [-0.05, 0) is 86.6 Å². The van der Waals surface area contributed by atoms with Gasteiger partial charge in [-0.15, -0.1) is 0 Å². The van der Waals surface area contributed by atoms with Crippen molar-refractivity contribution < 1.29 is 23.8 Å². The van der Waals surface area contributed by atoms with E-state index in [0.29, 0.717) is 46.4 Å². The van der Waals surface area contributed by atoms with Crippen molar-refractivity contribution >= 4 is 68.8 Å². The summed E-state index contributed by atoms with van der Waals surface area (Å²) in [6.07, 6.45) is 0. The molecule has 0 aliphatic carbocycles. The highest BCUT2D eigenvalue weighted by atomic mass is 32.2. The molecule has 13 heteroatoms. The molecule has 11 nitrogen and oxygen atoms in total. The Morgan fingerprint density at radius 3 is 1.43 bits per heavy atom. The Bertz CT molecular complexity index is 1850. The first kappa shape index (κ1) is 31.8. The number of carbonyl (C=O) groups is 2. The average molecular weight is 669 g/mol. The minimum atomic E-state index is -0.133. The molecule has 0 spiro atoms. The molecule has 0 bridgehead atoms. The van der Waals surface area contributed by atoms with E-state index in [9.17, 15) is 9.59 Å². The number of hydrogen-bond donors (Lipinski definition) is 4. The summed E-state index contributed by atoms with van der Waals surface area (Å²) >= 11 is 2.64. The van der Waals surface area contributed by atoms with Crippen molar-refractivity contribution in [2.24, 2.45) is 0 Å². The molecule has 4 aromatic carbocycles. The van der Waals surface area contributed by atoms with Crippen LogP contribution in [0.3, 0.4) is 0 Å². The van der Waals surface area contributed by atoms with E-state index < -0.39 is 0 Å². The number of amides is 2. The van der Waals surface area contributed by atoms with E-state index in [4.69, 9.17) is 14.2 Å². The summed E-state index contributed by atoms with van der Waals surface area (Å²) in [4.78, 5) is 40.6. The molecule has 0 unspecified atom stereocenters. The molecule has 0 atom stereocenters. The van der Waals surface area contributed by atoms with Gasteiger partial charge in [0.1, 0.15) is 23.0 Å². The Kier molecular flexibility index (Phi) is 10.1. The minimum Gasteiger partial charge on any atom is -0.494 e. The van der Waals surface area contributed by atoms with Gasteiger partial charge in [-0.25, -0.2) is 9.97 Å². The highest BCUT2D eigenvalue weighted by Gasteiger charge is 2.12. The molecule has 4 N–H and O–H groups in total. The van der Waals surface area contributed by atoms with Gasteiger partial charge in [-0.3, -0.25) is 9.59 Å². The Balaban J connectivity index is 1.01. The standard InChI is InChI=1S/C34H32N6O5S2/c1-3-43-23-9-5-21(6-10-23)35-31(41)19-46-33-37-27-15-13-25(17-29(27)39-33)45-26-14-16-28-30(18-26)40-34(38-28)47-20-32(42)36-22-7-11-24(12-8-22)44-4-2/h5-18H,3-4,19-20H2,1-2H3,(H,35,41)(H,36,42)(H,37,39)(H,38,40). The molecule has 0 saturated carbocycles. The van der Waals surface area contributed by atoms with E-state index >= 15 is 0 Å². The molecular weight excluding hydrogens is 637 g/mol. The van der Waals surface area contributed by atoms with Gasteiger partial charge in [0, 0.05) is 23.5 Å². The summed E-state index contributed by atoms with van der Waals surface area (Å²) in [6, 6.07) is 25.7. The third-order valence-corrected chi connectivity index (χ3v) is 8.42. The number of hydrogen-bond acceptors (Lipinski definition) is 9. The van der Waals surface area contributed by atoms with Gasteiger partial charge in [0.05, 0.1) is 46.8 Å². The summed E-state index contributed by atoms with van der Waals surface area (Å²) in [5.74, 6) is 2.92. The highest BCUT2D eigenvalue weighted by Crippen LogP contribution is 2.30.